The highest BCUT2D eigenvalue weighted by molar-refractivity contribution is 5.93. The molecule has 1 aromatic heterocycles. The zero-order valence-electron chi connectivity index (χ0n) is 16.5. The van der Waals surface area contributed by atoms with Gasteiger partial charge in [0, 0.05) is 35.7 Å². The minimum atomic E-state index is -0.0910. The molecule has 3 aromatic rings. The molecule has 0 unspecified atom stereocenters. The number of nitrogens with one attached hydrogen (secondary N) is 2. The molecule has 7 heteroatoms. The third-order valence-corrected chi connectivity index (χ3v) is 4.24. The highest BCUT2D eigenvalue weighted by Crippen LogP contribution is 2.18. The number of amides is 2. The molecule has 7 nitrogen and oxygen atoms in total. The Balaban J connectivity index is 1.43. The summed E-state index contributed by atoms with van der Waals surface area (Å²) in [5.41, 5.74) is 2.26. The van der Waals surface area contributed by atoms with Crippen LogP contribution in [-0.2, 0) is 16.0 Å². The third-order valence-electron chi connectivity index (χ3n) is 4.24. The van der Waals surface area contributed by atoms with Gasteiger partial charge in [-0.15, -0.1) is 10.2 Å². The van der Waals surface area contributed by atoms with Crippen LogP contribution in [0.25, 0.3) is 11.5 Å². The van der Waals surface area contributed by atoms with Crippen LogP contribution < -0.4 is 10.6 Å². The van der Waals surface area contributed by atoms with Crippen LogP contribution >= 0.6 is 0 Å². The van der Waals surface area contributed by atoms with E-state index in [2.05, 4.69) is 20.8 Å². The Kier molecular flexibility index (Phi) is 6.73. The first-order valence-electron chi connectivity index (χ1n) is 9.60. The molecule has 0 aliphatic carbocycles. The second kappa shape index (κ2) is 9.64. The van der Waals surface area contributed by atoms with Crippen LogP contribution in [0.5, 0.6) is 0 Å². The Labute approximate surface area is 169 Å². The maximum absolute atomic E-state index is 12.1. The number of aromatic nitrogens is 2. The highest BCUT2D eigenvalue weighted by atomic mass is 16.4. The van der Waals surface area contributed by atoms with E-state index in [4.69, 9.17) is 4.42 Å². The molecule has 0 bridgehead atoms. The number of aryl methyl sites for hydroxylation is 1. The van der Waals surface area contributed by atoms with Crippen molar-refractivity contribution in [3.63, 3.8) is 0 Å². The monoisotopic (exact) mass is 392 g/mol. The standard InChI is InChI=1S/C22H24N4O3/c1-15(2)21(28)24-18-13-11-17(12-14-18)23-19(27)9-6-10-20-25-26-22(29-20)16-7-4-3-5-8-16/h3-5,7-8,11-15H,6,9-10H2,1-2H3,(H,23,27)(H,24,28). The number of carbonyl (C=O) groups is 2. The van der Waals surface area contributed by atoms with Crippen molar-refractivity contribution in [1.29, 1.82) is 0 Å². The van der Waals surface area contributed by atoms with Gasteiger partial charge in [-0.1, -0.05) is 32.0 Å². The van der Waals surface area contributed by atoms with Gasteiger partial charge in [0.2, 0.25) is 23.6 Å². The Hall–Kier alpha value is -3.48. The summed E-state index contributed by atoms with van der Waals surface area (Å²) in [6, 6.07) is 16.6. The Morgan fingerprint density at radius 2 is 1.59 bits per heavy atom. The first-order chi connectivity index (χ1) is 14.0. The van der Waals surface area contributed by atoms with Gasteiger partial charge >= 0.3 is 0 Å². The molecule has 0 fully saturated rings. The first-order valence-corrected chi connectivity index (χ1v) is 9.60. The van der Waals surface area contributed by atoms with Gasteiger partial charge in [0.1, 0.15) is 0 Å². The van der Waals surface area contributed by atoms with E-state index >= 15 is 0 Å². The highest BCUT2D eigenvalue weighted by Gasteiger charge is 2.10. The number of hydrogen-bond donors (Lipinski definition) is 2. The molecule has 0 radical (unpaired) electrons. The molecule has 1 heterocycles. The van der Waals surface area contributed by atoms with E-state index in [1.165, 1.54) is 0 Å². The van der Waals surface area contributed by atoms with Crippen molar-refractivity contribution in [1.82, 2.24) is 10.2 Å². The Bertz CT molecular complexity index is 950. The van der Waals surface area contributed by atoms with E-state index in [-0.39, 0.29) is 17.7 Å². The molecule has 2 aromatic carbocycles. The molecule has 0 saturated heterocycles. The molecule has 0 saturated carbocycles. The van der Waals surface area contributed by atoms with Crippen molar-refractivity contribution >= 4 is 23.2 Å². The number of rotatable bonds is 8. The van der Waals surface area contributed by atoms with Crippen molar-refractivity contribution in [2.75, 3.05) is 10.6 Å². The van der Waals surface area contributed by atoms with Crippen LogP contribution in [0.1, 0.15) is 32.6 Å². The van der Waals surface area contributed by atoms with Crippen LogP contribution in [0.2, 0.25) is 0 Å². The second-order valence-electron chi connectivity index (χ2n) is 6.99. The van der Waals surface area contributed by atoms with E-state index in [9.17, 15) is 9.59 Å². The summed E-state index contributed by atoms with van der Waals surface area (Å²) in [5, 5.41) is 13.7. The van der Waals surface area contributed by atoms with Gasteiger partial charge in [0.15, 0.2) is 0 Å². The van der Waals surface area contributed by atoms with E-state index in [0.717, 1.165) is 5.56 Å². The summed E-state index contributed by atoms with van der Waals surface area (Å²) in [6.45, 7) is 3.67. The Morgan fingerprint density at radius 1 is 0.931 bits per heavy atom. The molecule has 2 amide bonds. The lowest BCUT2D eigenvalue weighted by Gasteiger charge is -2.09. The van der Waals surface area contributed by atoms with Gasteiger partial charge in [0.25, 0.3) is 0 Å². The van der Waals surface area contributed by atoms with Crippen molar-refractivity contribution < 1.29 is 14.0 Å². The normalized spacial score (nSPS) is 10.7. The summed E-state index contributed by atoms with van der Waals surface area (Å²) >= 11 is 0. The molecule has 0 atom stereocenters. The number of benzene rings is 2. The van der Waals surface area contributed by atoms with Crippen molar-refractivity contribution in [3.05, 3.63) is 60.5 Å². The summed E-state index contributed by atoms with van der Waals surface area (Å²) in [5.74, 6) is 0.776. The molecular weight excluding hydrogens is 368 g/mol. The van der Waals surface area contributed by atoms with Gasteiger partial charge in [-0.05, 0) is 42.8 Å². The van der Waals surface area contributed by atoms with Crippen LogP contribution in [0, 0.1) is 5.92 Å². The van der Waals surface area contributed by atoms with Crippen LogP contribution in [0.15, 0.2) is 59.0 Å². The smallest absolute Gasteiger partial charge is 0.247 e. The second-order valence-corrected chi connectivity index (χ2v) is 6.99. The lowest BCUT2D eigenvalue weighted by atomic mass is 10.2. The maximum Gasteiger partial charge on any atom is 0.247 e. The fourth-order valence-electron chi connectivity index (χ4n) is 2.60. The zero-order chi connectivity index (χ0) is 20.6. The van der Waals surface area contributed by atoms with Crippen LogP contribution in [-0.4, -0.2) is 22.0 Å². The molecule has 0 aliphatic rings. The lowest BCUT2D eigenvalue weighted by molar-refractivity contribution is -0.119. The largest absolute Gasteiger partial charge is 0.421 e. The van der Waals surface area contributed by atoms with E-state index in [0.29, 0.717) is 42.4 Å². The van der Waals surface area contributed by atoms with Gasteiger partial charge < -0.3 is 15.1 Å². The Morgan fingerprint density at radius 3 is 2.24 bits per heavy atom. The van der Waals surface area contributed by atoms with Crippen molar-refractivity contribution in [2.45, 2.75) is 33.1 Å². The molecule has 3 rings (SSSR count). The summed E-state index contributed by atoms with van der Waals surface area (Å²) in [6.07, 6.45) is 1.48. The summed E-state index contributed by atoms with van der Waals surface area (Å²) in [7, 11) is 0. The average Bonchev–Trinajstić information content (AvgIpc) is 3.19. The minimum absolute atomic E-state index is 0.0433. The molecule has 29 heavy (non-hydrogen) atoms. The zero-order valence-corrected chi connectivity index (χ0v) is 16.5. The summed E-state index contributed by atoms with van der Waals surface area (Å²) < 4.78 is 5.64. The van der Waals surface area contributed by atoms with E-state index in [1.807, 2.05) is 44.2 Å². The average molecular weight is 392 g/mol. The topological polar surface area (TPSA) is 97.1 Å². The fraction of sp³-hybridized carbons (Fsp3) is 0.273. The molecular formula is C22H24N4O3. The number of anilines is 2. The predicted octanol–water partition coefficient (Wildman–Crippen LogP) is 4.29. The van der Waals surface area contributed by atoms with E-state index in [1.54, 1.807) is 24.3 Å². The quantitative estimate of drug-likeness (QED) is 0.596. The van der Waals surface area contributed by atoms with Crippen molar-refractivity contribution in [3.8, 4) is 11.5 Å². The molecule has 0 spiro atoms. The van der Waals surface area contributed by atoms with Gasteiger partial charge in [-0.2, -0.15) is 0 Å². The number of nitrogens with zero attached hydrogens (tertiary/aromatic N) is 2. The maximum atomic E-state index is 12.1. The fourth-order valence-corrected chi connectivity index (χ4v) is 2.60. The van der Waals surface area contributed by atoms with E-state index < -0.39 is 0 Å². The molecule has 0 aliphatic heterocycles. The molecule has 2 N–H and O–H groups in total. The number of carbonyl (C=O) groups excluding carboxylic acids is 2. The van der Waals surface area contributed by atoms with Gasteiger partial charge in [-0.3, -0.25) is 9.59 Å². The SMILES string of the molecule is CC(C)C(=O)Nc1ccc(NC(=O)CCCc2nnc(-c3ccccc3)o2)cc1. The van der Waals surface area contributed by atoms with Crippen LogP contribution in [0.4, 0.5) is 11.4 Å². The number of hydrogen-bond acceptors (Lipinski definition) is 5. The lowest BCUT2D eigenvalue weighted by Crippen LogP contribution is -2.17. The van der Waals surface area contributed by atoms with Crippen molar-refractivity contribution in [2.24, 2.45) is 5.92 Å². The van der Waals surface area contributed by atoms with Gasteiger partial charge in [-0.25, -0.2) is 0 Å². The van der Waals surface area contributed by atoms with Crippen LogP contribution in [0.3, 0.4) is 0 Å². The first kappa shape index (κ1) is 20.3. The predicted molar refractivity (Wildman–Crippen MR) is 111 cm³/mol. The summed E-state index contributed by atoms with van der Waals surface area (Å²) in [4.78, 5) is 23.8. The van der Waals surface area contributed by atoms with Gasteiger partial charge in [0.05, 0.1) is 0 Å². The third kappa shape index (κ3) is 6.00. The minimum Gasteiger partial charge on any atom is -0.421 e. The molecule has 150 valence electrons.